The van der Waals surface area contributed by atoms with E-state index in [0.29, 0.717) is 11.1 Å². The lowest BCUT2D eigenvalue weighted by Crippen LogP contribution is -2.44. The third kappa shape index (κ3) is 2.84. The Morgan fingerprint density at radius 1 is 1.47 bits per heavy atom. The van der Waals surface area contributed by atoms with Crippen LogP contribution in [0, 0.1) is 5.41 Å². The summed E-state index contributed by atoms with van der Waals surface area (Å²) in [6.07, 6.45) is 3.60. The average molecular weight is 261 g/mol. The van der Waals surface area contributed by atoms with Crippen molar-refractivity contribution in [3.05, 3.63) is 35.4 Å². The van der Waals surface area contributed by atoms with Crippen LogP contribution in [-0.4, -0.2) is 29.9 Å². The second-order valence-corrected chi connectivity index (χ2v) is 5.47. The highest BCUT2D eigenvalue weighted by Gasteiger charge is 2.39. The van der Waals surface area contributed by atoms with E-state index in [9.17, 15) is 14.7 Å². The van der Waals surface area contributed by atoms with Gasteiger partial charge in [-0.25, -0.2) is 0 Å². The number of aliphatic hydroxyl groups is 1. The molecule has 1 fully saturated rings. The van der Waals surface area contributed by atoms with E-state index in [-0.39, 0.29) is 24.0 Å². The fourth-order valence-electron chi connectivity index (χ4n) is 2.62. The van der Waals surface area contributed by atoms with Gasteiger partial charge in [0.15, 0.2) is 0 Å². The molecule has 2 unspecified atom stereocenters. The Balaban J connectivity index is 2.06. The number of aldehydes is 1. The Bertz CT molecular complexity index is 469. The number of nitrogens with one attached hydrogen (secondary N) is 1. The van der Waals surface area contributed by atoms with Crippen LogP contribution in [-0.2, 0) is 0 Å². The van der Waals surface area contributed by atoms with Crippen LogP contribution in [0.15, 0.2) is 24.3 Å². The van der Waals surface area contributed by atoms with Crippen LogP contribution in [0.5, 0.6) is 0 Å². The zero-order valence-electron chi connectivity index (χ0n) is 11.1. The second kappa shape index (κ2) is 5.53. The highest BCUT2D eigenvalue weighted by Crippen LogP contribution is 2.37. The van der Waals surface area contributed by atoms with Crippen LogP contribution in [0.1, 0.15) is 46.9 Å². The maximum absolute atomic E-state index is 12.1. The van der Waals surface area contributed by atoms with Crippen molar-refractivity contribution in [3.63, 3.8) is 0 Å². The fraction of sp³-hybridized carbons (Fsp3) is 0.467. The van der Waals surface area contributed by atoms with Gasteiger partial charge in [-0.05, 0) is 25.0 Å². The molecule has 102 valence electrons. The van der Waals surface area contributed by atoms with Crippen LogP contribution >= 0.6 is 0 Å². The van der Waals surface area contributed by atoms with E-state index in [1.165, 1.54) is 0 Å². The van der Waals surface area contributed by atoms with Crippen molar-refractivity contribution >= 4 is 12.2 Å². The van der Waals surface area contributed by atoms with E-state index in [4.69, 9.17) is 0 Å². The summed E-state index contributed by atoms with van der Waals surface area (Å²) >= 11 is 0. The Morgan fingerprint density at radius 2 is 2.16 bits per heavy atom. The maximum atomic E-state index is 12.1. The van der Waals surface area contributed by atoms with E-state index in [2.05, 4.69) is 5.32 Å². The number of hydrogen-bond acceptors (Lipinski definition) is 3. The summed E-state index contributed by atoms with van der Waals surface area (Å²) in [6, 6.07) is 6.55. The molecule has 1 saturated carbocycles. The first-order valence-electron chi connectivity index (χ1n) is 6.56. The monoisotopic (exact) mass is 261 g/mol. The predicted molar refractivity (Wildman–Crippen MR) is 72.1 cm³/mol. The van der Waals surface area contributed by atoms with Gasteiger partial charge in [-0.2, -0.15) is 0 Å². The number of benzene rings is 1. The molecule has 1 aliphatic carbocycles. The Labute approximate surface area is 112 Å². The van der Waals surface area contributed by atoms with Crippen molar-refractivity contribution in [3.8, 4) is 0 Å². The molecule has 19 heavy (non-hydrogen) atoms. The van der Waals surface area contributed by atoms with Gasteiger partial charge in [0.25, 0.3) is 5.91 Å². The predicted octanol–water partition coefficient (Wildman–Crippen LogP) is 1.78. The molecule has 1 aliphatic rings. The van der Waals surface area contributed by atoms with E-state index in [1.807, 2.05) is 6.92 Å². The summed E-state index contributed by atoms with van der Waals surface area (Å²) in [7, 11) is 0. The van der Waals surface area contributed by atoms with Crippen molar-refractivity contribution in [1.29, 1.82) is 0 Å². The number of hydrogen-bond donors (Lipinski definition) is 2. The SMILES string of the molecule is CC1(CO)CCCC1NC(=O)c1ccc(C=O)cc1. The lowest BCUT2D eigenvalue weighted by atomic mass is 9.85. The van der Waals surface area contributed by atoms with Crippen molar-refractivity contribution in [1.82, 2.24) is 5.32 Å². The van der Waals surface area contributed by atoms with E-state index >= 15 is 0 Å². The summed E-state index contributed by atoms with van der Waals surface area (Å²) in [5.74, 6) is -0.149. The molecule has 4 heteroatoms. The largest absolute Gasteiger partial charge is 0.396 e. The summed E-state index contributed by atoms with van der Waals surface area (Å²) in [5, 5.41) is 12.4. The van der Waals surface area contributed by atoms with E-state index in [0.717, 1.165) is 25.5 Å². The molecule has 0 aliphatic heterocycles. The molecule has 0 bridgehead atoms. The zero-order valence-corrected chi connectivity index (χ0v) is 11.1. The molecule has 0 aromatic heterocycles. The lowest BCUT2D eigenvalue weighted by Gasteiger charge is -2.30. The quantitative estimate of drug-likeness (QED) is 0.812. The van der Waals surface area contributed by atoms with Crippen LogP contribution in [0.4, 0.5) is 0 Å². The fourth-order valence-corrected chi connectivity index (χ4v) is 2.62. The van der Waals surface area contributed by atoms with Gasteiger partial charge in [-0.15, -0.1) is 0 Å². The summed E-state index contributed by atoms with van der Waals surface area (Å²) in [6.45, 7) is 2.09. The second-order valence-electron chi connectivity index (χ2n) is 5.47. The van der Waals surface area contributed by atoms with Gasteiger partial charge in [0, 0.05) is 22.6 Å². The molecule has 2 N–H and O–H groups in total. The topological polar surface area (TPSA) is 66.4 Å². The van der Waals surface area contributed by atoms with Gasteiger partial charge in [0.1, 0.15) is 6.29 Å². The molecular weight excluding hydrogens is 242 g/mol. The summed E-state index contributed by atoms with van der Waals surface area (Å²) < 4.78 is 0. The van der Waals surface area contributed by atoms with Crippen LogP contribution in [0.2, 0.25) is 0 Å². The van der Waals surface area contributed by atoms with Crippen molar-refractivity contribution < 1.29 is 14.7 Å². The van der Waals surface area contributed by atoms with Gasteiger partial charge in [-0.1, -0.05) is 25.5 Å². The maximum Gasteiger partial charge on any atom is 0.251 e. The zero-order chi connectivity index (χ0) is 13.9. The van der Waals surface area contributed by atoms with Gasteiger partial charge in [0.2, 0.25) is 0 Å². The average Bonchev–Trinajstić information content (AvgIpc) is 2.81. The highest BCUT2D eigenvalue weighted by atomic mass is 16.3. The molecule has 1 amide bonds. The molecule has 2 rings (SSSR count). The summed E-state index contributed by atoms with van der Waals surface area (Å²) in [4.78, 5) is 22.7. The highest BCUT2D eigenvalue weighted by molar-refractivity contribution is 5.95. The number of aliphatic hydroxyl groups excluding tert-OH is 1. The number of carbonyl (C=O) groups excluding carboxylic acids is 2. The summed E-state index contributed by atoms with van der Waals surface area (Å²) in [5.41, 5.74) is 0.869. The third-order valence-corrected chi connectivity index (χ3v) is 4.06. The van der Waals surface area contributed by atoms with Gasteiger partial charge >= 0.3 is 0 Å². The molecule has 0 saturated heterocycles. The van der Waals surface area contributed by atoms with Crippen LogP contribution in [0.3, 0.4) is 0 Å². The molecule has 2 atom stereocenters. The van der Waals surface area contributed by atoms with E-state index < -0.39 is 0 Å². The van der Waals surface area contributed by atoms with Gasteiger partial charge < -0.3 is 10.4 Å². The minimum absolute atomic E-state index is 0.00995. The Hall–Kier alpha value is -1.68. The molecule has 0 radical (unpaired) electrons. The van der Waals surface area contributed by atoms with Crippen molar-refractivity contribution in [2.75, 3.05) is 6.61 Å². The van der Waals surface area contributed by atoms with Crippen molar-refractivity contribution in [2.45, 2.75) is 32.2 Å². The van der Waals surface area contributed by atoms with E-state index in [1.54, 1.807) is 24.3 Å². The molecule has 4 nitrogen and oxygen atoms in total. The Kier molecular flexibility index (Phi) is 4.00. The number of carbonyl (C=O) groups is 2. The van der Waals surface area contributed by atoms with Gasteiger partial charge in [-0.3, -0.25) is 9.59 Å². The normalized spacial score (nSPS) is 26.1. The van der Waals surface area contributed by atoms with Crippen LogP contribution in [0.25, 0.3) is 0 Å². The smallest absolute Gasteiger partial charge is 0.251 e. The molecule has 1 aromatic rings. The number of rotatable bonds is 4. The van der Waals surface area contributed by atoms with Crippen LogP contribution < -0.4 is 5.32 Å². The first-order valence-corrected chi connectivity index (χ1v) is 6.56. The molecule has 0 spiro atoms. The molecular formula is C15H19NO3. The number of amides is 1. The first-order chi connectivity index (χ1) is 9.09. The Morgan fingerprint density at radius 3 is 2.74 bits per heavy atom. The van der Waals surface area contributed by atoms with Gasteiger partial charge in [0.05, 0.1) is 6.61 Å². The lowest BCUT2D eigenvalue weighted by molar-refractivity contribution is 0.0830. The standard InChI is InChI=1S/C15H19NO3/c1-15(10-18)8-2-3-13(15)16-14(19)12-6-4-11(9-17)5-7-12/h4-7,9,13,18H,2-3,8,10H2,1H3,(H,16,19). The minimum Gasteiger partial charge on any atom is -0.396 e. The molecule has 0 heterocycles. The third-order valence-electron chi connectivity index (χ3n) is 4.06. The minimum atomic E-state index is -0.224. The first kappa shape index (κ1) is 13.7. The molecule has 1 aromatic carbocycles. The van der Waals surface area contributed by atoms with Crippen molar-refractivity contribution in [2.24, 2.45) is 5.41 Å².